The van der Waals surface area contributed by atoms with Crippen molar-refractivity contribution >= 4 is 17.4 Å². The monoisotopic (exact) mass is 280 g/mol. The lowest BCUT2D eigenvalue weighted by Crippen LogP contribution is -2.31. The van der Waals surface area contributed by atoms with Crippen molar-refractivity contribution < 1.29 is 0 Å². The lowest BCUT2D eigenvalue weighted by Gasteiger charge is -2.29. The second-order valence-electron chi connectivity index (χ2n) is 5.41. The summed E-state index contributed by atoms with van der Waals surface area (Å²) >= 11 is 1.92. The largest absolute Gasteiger partial charge is 0.372 e. The van der Waals surface area contributed by atoms with Crippen LogP contribution in [0.25, 0.3) is 0 Å². The van der Waals surface area contributed by atoms with Gasteiger partial charge in [0.15, 0.2) is 0 Å². The van der Waals surface area contributed by atoms with Gasteiger partial charge in [-0.2, -0.15) is 11.8 Å². The molecule has 0 aliphatic heterocycles. The molecule has 0 radical (unpaired) electrons. The molecule has 0 bridgehead atoms. The van der Waals surface area contributed by atoms with Crippen LogP contribution in [0, 0.1) is 0 Å². The Morgan fingerprint density at radius 2 is 1.89 bits per heavy atom. The maximum Gasteiger partial charge on any atom is 0.0411 e. The van der Waals surface area contributed by atoms with Crippen molar-refractivity contribution in [2.24, 2.45) is 0 Å². The summed E-state index contributed by atoms with van der Waals surface area (Å²) in [6, 6.07) is 9.81. The molecule has 1 aromatic carbocycles. The van der Waals surface area contributed by atoms with Crippen molar-refractivity contribution in [1.29, 1.82) is 0 Å². The predicted molar refractivity (Wildman–Crippen MR) is 89.3 cm³/mol. The fourth-order valence-electron chi connectivity index (χ4n) is 2.04. The van der Waals surface area contributed by atoms with Crippen LogP contribution in [0.1, 0.15) is 32.8 Å². The van der Waals surface area contributed by atoms with Gasteiger partial charge >= 0.3 is 0 Å². The highest BCUT2D eigenvalue weighted by Crippen LogP contribution is 2.22. The first-order chi connectivity index (χ1) is 9.06. The Bertz CT molecular complexity index is 366. The number of anilines is 1. The minimum atomic E-state index is 0.521. The molecule has 0 spiro atoms. The van der Waals surface area contributed by atoms with Crippen LogP contribution < -0.4 is 10.2 Å². The summed E-state index contributed by atoms with van der Waals surface area (Å²) in [4.78, 5) is 2.41. The lowest BCUT2D eigenvalue weighted by molar-refractivity contribution is 0.585. The number of hydrogen-bond donors (Lipinski definition) is 1. The zero-order valence-electron chi connectivity index (χ0n) is 12.9. The molecule has 1 rings (SSSR count). The van der Waals surface area contributed by atoms with E-state index in [2.05, 4.69) is 68.6 Å². The van der Waals surface area contributed by atoms with Crippen LogP contribution in [0.15, 0.2) is 24.3 Å². The van der Waals surface area contributed by atoms with Crippen LogP contribution in [0.2, 0.25) is 0 Å². The highest BCUT2D eigenvalue weighted by molar-refractivity contribution is 7.98. The van der Waals surface area contributed by atoms with Crippen molar-refractivity contribution in [3.63, 3.8) is 0 Å². The molecular formula is C16H28N2S. The smallest absolute Gasteiger partial charge is 0.0411 e. The van der Waals surface area contributed by atoms with E-state index in [-0.39, 0.29) is 0 Å². The van der Waals surface area contributed by atoms with Crippen molar-refractivity contribution in [2.75, 3.05) is 24.0 Å². The first-order valence-electron chi connectivity index (χ1n) is 7.09. The van der Waals surface area contributed by atoms with E-state index in [0.717, 1.165) is 6.54 Å². The van der Waals surface area contributed by atoms with E-state index in [1.54, 1.807) is 0 Å². The van der Waals surface area contributed by atoms with Crippen molar-refractivity contribution in [1.82, 2.24) is 5.32 Å². The first kappa shape index (κ1) is 16.4. The van der Waals surface area contributed by atoms with Gasteiger partial charge in [0, 0.05) is 31.4 Å². The lowest BCUT2D eigenvalue weighted by atomic mass is 10.1. The molecule has 0 saturated heterocycles. The van der Waals surface area contributed by atoms with Gasteiger partial charge in [-0.3, -0.25) is 0 Å². The third kappa shape index (κ3) is 5.45. The molecule has 1 aromatic rings. The average molecular weight is 280 g/mol. The molecule has 0 aromatic heterocycles. The highest BCUT2D eigenvalue weighted by atomic mass is 32.2. The van der Waals surface area contributed by atoms with Gasteiger partial charge in [-0.05, 0) is 37.0 Å². The van der Waals surface area contributed by atoms with Crippen LogP contribution in [0.5, 0.6) is 0 Å². The Morgan fingerprint density at radius 3 is 2.53 bits per heavy atom. The summed E-state index contributed by atoms with van der Waals surface area (Å²) in [7, 11) is 2.21. The van der Waals surface area contributed by atoms with Crippen LogP contribution in [0.4, 0.5) is 5.69 Å². The average Bonchev–Trinajstić information content (AvgIpc) is 2.42. The van der Waals surface area contributed by atoms with Crippen molar-refractivity contribution in [3.8, 4) is 0 Å². The van der Waals surface area contributed by atoms with Crippen LogP contribution >= 0.6 is 11.8 Å². The highest BCUT2D eigenvalue weighted by Gasteiger charge is 2.12. The zero-order chi connectivity index (χ0) is 14.3. The quantitative estimate of drug-likeness (QED) is 0.780. The summed E-state index contributed by atoms with van der Waals surface area (Å²) in [6.45, 7) is 7.62. The van der Waals surface area contributed by atoms with E-state index < -0.39 is 0 Å². The minimum absolute atomic E-state index is 0.521. The van der Waals surface area contributed by atoms with Gasteiger partial charge in [-0.25, -0.2) is 0 Å². The predicted octanol–water partition coefficient (Wildman–Crippen LogP) is 3.76. The number of hydrogen-bond acceptors (Lipinski definition) is 3. The number of benzene rings is 1. The first-order valence-corrected chi connectivity index (χ1v) is 8.48. The topological polar surface area (TPSA) is 15.3 Å². The number of thioether (sulfide) groups is 1. The number of para-hydroxylation sites is 1. The van der Waals surface area contributed by atoms with E-state index in [1.807, 2.05) is 11.8 Å². The number of nitrogens with one attached hydrogen (secondary N) is 1. The molecule has 1 N–H and O–H groups in total. The second-order valence-corrected chi connectivity index (χ2v) is 6.39. The van der Waals surface area contributed by atoms with Gasteiger partial charge in [-0.1, -0.05) is 32.0 Å². The molecule has 0 heterocycles. The molecular weight excluding hydrogens is 252 g/mol. The van der Waals surface area contributed by atoms with E-state index >= 15 is 0 Å². The molecule has 0 fully saturated rings. The maximum absolute atomic E-state index is 3.51. The van der Waals surface area contributed by atoms with Gasteiger partial charge in [0.2, 0.25) is 0 Å². The molecule has 0 amide bonds. The van der Waals surface area contributed by atoms with Gasteiger partial charge < -0.3 is 10.2 Å². The molecule has 3 heteroatoms. The van der Waals surface area contributed by atoms with Crippen molar-refractivity contribution in [2.45, 2.75) is 45.8 Å². The van der Waals surface area contributed by atoms with Gasteiger partial charge in [0.1, 0.15) is 0 Å². The Morgan fingerprint density at radius 1 is 1.21 bits per heavy atom. The molecule has 1 unspecified atom stereocenters. The fourth-order valence-corrected chi connectivity index (χ4v) is 2.61. The minimum Gasteiger partial charge on any atom is -0.372 e. The Hall–Kier alpha value is -0.670. The Labute approximate surface area is 123 Å². The van der Waals surface area contributed by atoms with Gasteiger partial charge in [0.05, 0.1) is 0 Å². The maximum atomic E-state index is 3.51. The summed E-state index contributed by atoms with van der Waals surface area (Å²) in [5.41, 5.74) is 2.74. The second kappa shape index (κ2) is 8.49. The summed E-state index contributed by atoms with van der Waals surface area (Å²) < 4.78 is 0. The Kier molecular flexibility index (Phi) is 7.32. The molecule has 0 aliphatic rings. The number of nitrogens with zero attached hydrogens (tertiary/aromatic N) is 1. The molecule has 108 valence electrons. The summed E-state index contributed by atoms with van der Waals surface area (Å²) in [6.07, 6.45) is 3.40. The SMILES string of the molecule is CSCCC(C)N(C)c1ccccc1CNC(C)C. The summed E-state index contributed by atoms with van der Waals surface area (Å²) in [5.74, 6) is 1.22. The third-order valence-electron chi connectivity index (χ3n) is 3.47. The van der Waals surface area contributed by atoms with Crippen LogP contribution in [-0.2, 0) is 6.54 Å². The van der Waals surface area contributed by atoms with Gasteiger partial charge in [0.25, 0.3) is 0 Å². The molecule has 2 nitrogen and oxygen atoms in total. The molecule has 1 atom stereocenters. The zero-order valence-corrected chi connectivity index (χ0v) is 13.8. The molecule has 19 heavy (non-hydrogen) atoms. The third-order valence-corrected chi connectivity index (χ3v) is 4.12. The van der Waals surface area contributed by atoms with Crippen LogP contribution in [-0.4, -0.2) is 31.1 Å². The number of rotatable bonds is 8. The van der Waals surface area contributed by atoms with Crippen LogP contribution in [0.3, 0.4) is 0 Å². The van der Waals surface area contributed by atoms with Gasteiger partial charge in [-0.15, -0.1) is 0 Å². The Balaban J connectivity index is 2.74. The fraction of sp³-hybridized carbons (Fsp3) is 0.625. The standard InChI is InChI=1S/C16H28N2S/c1-13(2)17-12-15-8-6-7-9-16(15)18(4)14(3)10-11-19-5/h6-9,13-14,17H,10-12H2,1-5H3. The summed E-state index contributed by atoms with van der Waals surface area (Å²) in [5, 5.41) is 3.51. The molecule has 0 aliphatic carbocycles. The van der Waals surface area contributed by atoms with E-state index in [4.69, 9.17) is 0 Å². The van der Waals surface area contributed by atoms with E-state index in [9.17, 15) is 0 Å². The van der Waals surface area contributed by atoms with Crippen molar-refractivity contribution in [3.05, 3.63) is 29.8 Å². The molecule has 0 saturated carbocycles. The normalized spacial score (nSPS) is 12.7. The van der Waals surface area contributed by atoms with E-state index in [1.165, 1.54) is 23.4 Å². The van der Waals surface area contributed by atoms with E-state index in [0.29, 0.717) is 12.1 Å².